The van der Waals surface area contributed by atoms with Gasteiger partial charge in [-0.1, -0.05) is 39.0 Å². The van der Waals surface area contributed by atoms with Crippen molar-refractivity contribution < 1.29 is 28.7 Å². The number of hydrogen-bond acceptors (Lipinski definition) is 6. The smallest absolute Gasteiger partial charge is 0.343 e. The highest BCUT2D eigenvalue weighted by Gasteiger charge is 2.21. The Morgan fingerprint density at radius 1 is 0.789 bits per heavy atom. The second kappa shape index (κ2) is 12.4. The summed E-state index contributed by atoms with van der Waals surface area (Å²) in [6.07, 6.45) is 2.66. The van der Waals surface area contributed by atoms with Crippen molar-refractivity contribution in [2.24, 2.45) is 5.41 Å². The van der Waals surface area contributed by atoms with Crippen LogP contribution in [0.3, 0.4) is 0 Å². The molecule has 0 radical (unpaired) electrons. The van der Waals surface area contributed by atoms with Crippen molar-refractivity contribution in [1.82, 2.24) is 10.9 Å². The van der Waals surface area contributed by atoms with E-state index in [1.54, 1.807) is 81.4 Å². The number of amides is 3. The lowest BCUT2D eigenvalue weighted by Gasteiger charge is -2.17. The molecule has 0 heterocycles. The molecule has 3 aromatic rings. The van der Waals surface area contributed by atoms with Crippen LogP contribution < -0.4 is 25.6 Å². The number of nitrogens with one attached hydrogen (secondary N) is 3. The van der Waals surface area contributed by atoms with E-state index in [2.05, 4.69) is 16.2 Å². The van der Waals surface area contributed by atoms with E-state index in [4.69, 9.17) is 9.47 Å². The second-order valence-corrected chi connectivity index (χ2v) is 9.21. The molecule has 0 aromatic heterocycles. The number of benzene rings is 3. The van der Waals surface area contributed by atoms with E-state index in [0.717, 1.165) is 0 Å². The molecule has 0 saturated carbocycles. The molecule has 0 saturated heterocycles. The first kappa shape index (κ1) is 27.7. The van der Waals surface area contributed by atoms with E-state index < -0.39 is 23.2 Å². The Balaban J connectivity index is 1.55. The minimum Gasteiger partial charge on any atom is -0.497 e. The normalized spacial score (nSPS) is 10.9. The van der Waals surface area contributed by atoms with Crippen LogP contribution in [0.2, 0.25) is 0 Å². The zero-order chi connectivity index (χ0) is 27.7. The molecular weight excluding hydrogens is 486 g/mol. The maximum atomic E-state index is 12.5. The number of carbonyl (C=O) groups is 4. The average molecular weight is 516 g/mol. The molecule has 3 rings (SSSR count). The van der Waals surface area contributed by atoms with Gasteiger partial charge < -0.3 is 14.8 Å². The van der Waals surface area contributed by atoms with Crippen molar-refractivity contribution in [2.75, 3.05) is 12.4 Å². The Hall–Kier alpha value is -4.92. The lowest BCUT2D eigenvalue weighted by molar-refractivity contribution is -0.123. The molecule has 9 heteroatoms. The molecular formula is C29H29N3O6. The fraction of sp³-hybridized carbons (Fsp3) is 0.172. The third-order valence-corrected chi connectivity index (χ3v) is 5.25. The molecule has 0 spiro atoms. The zero-order valence-corrected chi connectivity index (χ0v) is 21.5. The predicted octanol–water partition coefficient (Wildman–Crippen LogP) is 4.37. The summed E-state index contributed by atoms with van der Waals surface area (Å²) in [7, 11) is 1.53. The first-order valence-electron chi connectivity index (χ1n) is 11.7. The molecule has 0 aliphatic heterocycles. The summed E-state index contributed by atoms with van der Waals surface area (Å²) in [5.74, 6) is -0.956. The van der Waals surface area contributed by atoms with Crippen LogP contribution in [0.25, 0.3) is 6.08 Å². The van der Waals surface area contributed by atoms with Crippen LogP contribution in [0.1, 0.15) is 47.1 Å². The number of hydrogen-bond donors (Lipinski definition) is 3. The van der Waals surface area contributed by atoms with E-state index in [0.29, 0.717) is 28.1 Å². The third kappa shape index (κ3) is 7.79. The highest BCUT2D eigenvalue weighted by molar-refractivity contribution is 5.99. The number of para-hydroxylation sites is 1. The van der Waals surface area contributed by atoms with Crippen molar-refractivity contribution in [3.63, 3.8) is 0 Å². The molecule has 3 aromatic carbocycles. The van der Waals surface area contributed by atoms with E-state index in [1.807, 2.05) is 0 Å². The number of ether oxygens (including phenoxy) is 2. The lowest BCUT2D eigenvalue weighted by atomic mass is 9.95. The van der Waals surface area contributed by atoms with Gasteiger partial charge in [0.05, 0.1) is 12.7 Å². The second-order valence-electron chi connectivity index (χ2n) is 9.21. The van der Waals surface area contributed by atoms with Gasteiger partial charge in [0.15, 0.2) is 0 Å². The van der Waals surface area contributed by atoms with Crippen LogP contribution in [0.5, 0.6) is 11.5 Å². The number of rotatable bonds is 7. The first-order valence-corrected chi connectivity index (χ1v) is 11.7. The summed E-state index contributed by atoms with van der Waals surface area (Å²) in [6.45, 7) is 5.40. The number of hydrazine groups is 1. The molecule has 3 amide bonds. The summed E-state index contributed by atoms with van der Waals surface area (Å²) < 4.78 is 10.6. The molecule has 0 atom stereocenters. The Labute approximate surface area is 220 Å². The first-order chi connectivity index (χ1) is 18.1. The predicted molar refractivity (Wildman–Crippen MR) is 144 cm³/mol. The summed E-state index contributed by atoms with van der Waals surface area (Å²) in [5, 5.41) is 2.77. The average Bonchev–Trinajstić information content (AvgIpc) is 2.91. The van der Waals surface area contributed by atoms with Crippen LogP contribution >= 0.6 is 0 Å². The largest absolute Gasteiger partial charge is 0.497 e. The summed E-state index contributed by atoms with van der Waals surface area (Å²) in [6, 6.07) is 19.5. The van der Waals surface area contributed by atoms with Gasteiger partial charge in [0.2, 0.25) is 5.91 Å². The van der Waals surface area contributed by atoms with E-state index in [9.17, 15) is 19.2 Å². The van der Waals surface area contributed by atoms with E-state index >= 15 is 0 Å². The van der Waals surface area contributed by atoms with Gasteiger partial charge in [-0.15, -0.1) is 0 Å². The van der Waals surface area contributed by atoms with Crippen LogP contribution in [-0.2, 0) is 9.59 Å². The highest BCUT2D eigenvalue weighted by atomic mass is 16.5. The summed E-state index contributed by atoms with van der Waals surface area (Å²) >= 11 is 0. The summed E-state index contributed by atoms with van der Waals surface area (Å²) in [4.78, 5) is 49.2. The zero-order valence-electron chi connectivity index (χ0n) is 21.5. The quantitative estimate of drug-likeness (QED) is 0.186. The van der Waals surface area contributed by atoms with Crippen molar-refractivity contribution in [2.45, 2.75) is 20.8 Å². The van der Waals surface area contributed by atoms with Gasteiger partial charge in [0.25, 0.3) is 11.8 Å². The molecule has 9 nitrogen and oxygen atoms in total. The lowest BCUT2D eigenvalue weighted by Crippen LogP contribution is -2.40. The minimum absolute atomic E-state index is 0.147. The van der Waals surface area contributed by atoms with Crippen LogP contribution in [0, 0.1) is 5.41 Å². The molecule has 0 aliphatic rings. The van der Waals surface area contributed by atoms with Gasteiger partial charge in [-0.3, -0.25) is 25.2 Å². The van der Waals surface area contributed by atoms with Crippen LogP contribution in [0.4, 0.5) is 5.69 Å². The number of methoxy groups -OCH3 is 1. The SMILES string of the molecule is COc1ccc(C(=O)Oc2ccccc2/C=C/C(=O)NNC(=O)c2ccc(NC(=O)C(C)(C)C)cc2)cc1. The number of esters is 1. The standard InChI is InChI=1S/C29H29N3O6/c1-29(2,3)28(36)30-22-14-9-20(10-15-22)26(34)32-31-25(33)18-13-19-7-5-6-8-24(19)38-27(35)21-11-16-23(37-4)17-12-21/h5-18H,1-4H3,(H,30,36)(H,31,33)(H,32,34)/b18-13+. The number of anilines is 1. The molecule has 0 aliphatic carbocycles. The van der Waals surface area contributed by atoms with Gasteiger partial charge in [0, 0.05) is 28.3 Å². The third-order valence-electron chi connectivity index (χ3n) is 5.25. The van der Waals surface area contributed by atoms with Crippen molar-refractivity contribution in [3.05, 3.63) is 95.6 Å². The molecule has 0 bridgehead atoms. The Morgan fingerprint density at radius 2 is 1.42 bits per heavy atom. The van der Waals surface area contributed by atoms with Crippen LogP contribution in [0.15, 0.2) is 78.9 Å². The monoisotopic (exact) mass is 515 g/mol. The molecule has 0 unspecified atom stereocenters. The minimum atomic E-state index is -0.594. The number of carbonyl (C=O) groups excluding carboxylic acids is 4. The van der Waals surface area contributed by atoms with Gasteiger partial charge >= 0.3 is 5.97 Å². The topological polar surface area (TPSA) is 123 Å². The van der Waals surface area contributed by atoms with Crippen molar-refractivity contribution in [3.8, 4) is 11.5 Å². The van der Waals surface area contributed by atoms with Crippen LogP contribution in [-0.4, -0.2) is 30.8 Å². The van der Waals surface area contributed by atoms with Gasteiger partial charge in [0.1, 0.15) is 11.5 Å². The van der Waals surface area contributed by atoms with Gasteiger partial charge in [-0.25, -0.2) is 4.79 Å². The van der Waals surface area contributed by atoms with Crippen molar-refractivity contribution >= 4 is 35.5 Å². The molecule has 3 N–H and O–H groups in total. The molecule has 0 fully saturated rings. The van der Waals surface area contributed by atoms with Gasteiger partial charge in [-0.2, -0.15) is 0 Å². The Morgan fingerprint density at radius 3 is 2.05 bits per heavy atom. The fourth-order valence-corrected chi connectivity index (χ4v) is 3.02. The Kier molecular flexibility index (Phi) is 8.99. The maximum absolute atomic E-state index is 12.5. The van der Waals surface area contributed by atoms with Gasteiger partial charge in [-0.05, 0) is 60.7 Å². The summed E-state index contributed by atoms with van der Waals surface area (Å²) in [5.41, 5.74) is 5.75. The highest BCUT2D eigenvalue weighted by Crippen LogP contribution is 2.22. The molecule has 38 heavy (non-hydrogen) atoms. The van der Waals surface area contributed by atoms with Crippen molar-refractivity contribution in [1.29, 1.82) is 0 Å². The molecule has 196 valence electrons. The maximum Gasteiger partial charge on any atom is 0.343 e. The van der Waals surface area contributed by atoms with E-state index in [1.165, 1.54) is 31.4 Å². The fourth-order valence-electron chi connectivity index (χ4n) is 3.02. The van der Waals surface area contributed by atoms with E-state index in [-0.39, 0.29) is 11.7 Å². The Bertz CT molecular complexity index is 1340.